The van der Waals surface area contributed by atoms with E-state index in [-0.39, 0.29) is 0 Å². The molecule has 1 rings (SSSR count). The molecule has 1 amide bonds. The van der Waals surface area contributed by atoms with E-state index in [9.17, 15) is 4.79 Å². The van der Waals surface area contributed by atoms with Crippen molar-refractivity contribution in [2.75, 3.05) is 7.05 Å². The van der Waals surface area contributed by atoms with E-state index in [2.05, 4.69) is 6.92 Å². The highest BCUT2D eigenvalue weighted by Gasteiger charge is 2.26. The summed E-state index contributed by atoms with van der Waals surface area (Å²) in [6.07, 6.45) is 11.2. The van der Waals surface area contributed by atoms with Gasteiger partial charge in [0.05, 0.1) is 0 Å². The SMILES string of the molecule is CCCCCCCCC1CCC(=O)N1C. The van der Waals surface area contributed by atoms with Crippen molar-refractivity contribution in [3.05, 3.63) is 0 Å². The Morgan fingerprint density at radius 3 is 2.47 bits per heavy atom. The van der Waals surface area contributed by atoms with Crippen LogP contribution >= 0.6 is 0 Å². The second-order valence-corrected chi connectivity index (χ2v) is 4.75. The van der Waals surface area contributed by atoms with Crippen molar-refractivity contribution in [3.8, 4) is 0 Å². The molecule has 0 bridgehead atoms. The fourth-order valence-corrected chi connectivity index (χ4v) is 2.36. The third-order valence-corrected chi connectivity index (χ3v) is 3.52. The molecular formula is C13H25NO. The molecule has 0 aromatic rings. The molecule has 1 atom stereocenters. The van der Waals surface area contributed by atoms with Crippen LogP contribution in [-0.4, -0.2) is 23.9 Å². The first-order valence-corrected chi connectivity index (χ1v) is 6.51. The number of rotatable bonds is 7. The van der Waals surface area contributed by atoms with Gasteiger partial charge in [-0.05, 0) is 12.8 Å². The molecule has 0 radical (unpaired) electrons. The first-order chi connectivity index (χ1) is 7.25. The van der Waals surface area contributed by atoms with Crippen molar-refractivity contribution in [2.45, 2.75) is 70.8 Å². The Balaban J connectivity index is 1.98. The number of hydrogen-bond acceptors (Lipinski definition) is 1. The summed E-state index contributed by atoms with van der Waals surface area (Å²) < 4.78 is 0. The van der Waals surface area contributed by atoms with Crippen molar-refractivity contribution >= 4 is 5.91 Å². The lowest BCUT2D eigenvalue weighted by atomic mass is 10.0. The summed E-state index contributed by atoms with van der Waals surface area (Å²) in [5, 5.41) is 0. The van der Waals surface area contributed by atoms with Gasteiger partial charge in [-0.2, -0.15) is 0 Å². The van der Waals surface area contributed by atoms with Gasteiger partial charge in [-0.3, -0.25) is 4.79 Å². The summed E-state index contributed by atoms with van der Waals surface area (Å²) in [5.41, 5.74) is 0. The largest absolute Gasteiger partial charge is 0.343 e. The average Bonchev–Trinajstić information content (AvgIpc) is 2.54. The molecule has 0 aromatic carbocycles. The van der Waals surface area contributed by atoms with E-state index in [0.29, 0.717) is 11.9 Å². The van der Waals surface area contributed by atoms with Crippen molar-refractivity contribution in [1.29, 1.82) is 0 Å². The molecule has 88 valence electrons. The molecule has 0 N–H and O–H groups in total. The maximum atomic E-state index is 11.3. The van der Waals surface area contributed by atoms with Crippen molar-refractivity contribution in [2.24, 2.45) is 0 Å². The number of unbranched alkanes of at least 4 members (excludes halogenated alkanes) is 5. The summed E-state index contributed by atoms with van der Waals surface area (Å²) in [6, 6.07) is 0.545. The minimum absolute atomic E-state index is 0.339. The van der Waals surface area contributed by atoms with Gasteiger partial charge in [-0.1, -0.05) is 45.4 Å². The Hall–Kier alpha value is -0.530. The van der Waals surface area contributed by atoms with Crippen LogP contribution in [0.3, 0.4) is 0 Å². The van der Waals surface area contributed by atoms with Gasteiger partial charge in [-0.15, -0.1) is 0 Å². The molecule has 1 unspecified atom stereocenters. The maximum Gasteiger partial charge on any atom is 0.222 e. The molecule has 1 aliphatic heterocycles. The summed E-state index contributed by atoms with van der Waals surface area (Å²) in [5.74, 6) is 0.339. The van der Waals surface area contributed by atoms with Crippen LogP contribution < -0.4 is 0 Å². The molecule has 1 aliphatic rings. The smallest absolute Gasteiger partial charge is 0.222 e. The summed E-state index contributed by atoms with van der Waals surface area (Å²) >= 11 is 0. The van der Waals surface area contributed by atoms with Gasteiger partial charge in [-0.25, -0.2) is 0 Å². The van der Waals surface area contributed by atoms with E-state index < -0.39 is 0 Å². The van der Waals surface area contributed by atoms with Crippen LogP contribution in [0, 0.1) is 0 Å². The average molecular weight is 211 g/mol. The zero-order valence-corrected chi connectivity index (χ0v) is 10.3. The summed E-state index contributed by atoms with van der Waals surface area (Å²) in [4.78, 5) is 13.2. The van der Waals surface area contributed by atoms with E-state index in [1.54, 1.807) is 0 Å². The molecule has 0 aromatic heterocycles. The van der Waals surface area contributed by atoms with Crippen LogP contribution in [-0.2, 0) is 4.79 Å². The first-order valence-electron chi connectivity index (χ1n) is 6.51. The lowest BCUT2D eigenvalue weighted by Crippen LogP contribution is -2.28. The van der Waals surface area contributed by atoms with Gasteiger partial charge in [0.15, 0.2) is 0 Å². The monoisotopic (exact) mass is 211 g/mol. The normalized spacial score (nSPS) is 21.3. The lowest BCUT2D eigenvalue weighted by molar-refractivity contribution is -0.127. The third-order valence-electron chi connectivity index (χ3n) is 3.52. The predicted octanol–water partition coefficient (Wildman–Crippen LogP) is 3.36. The van der Waals surface area contributed by atoms with Gasteiger partial charge >= 0.3 is 0 Å². The van der Waals surface area contributed by atoms with Gasteiger partial charge in [0.1, 0.15) is 0 Å². The highest BCUT2D eigenvalue weighted by Crippen LogP contribution is 2.21. The lowest BCUT2D eigenvalue weighted by Gasteiger charge is -2.19. The number of likely N-dealkylation sites (tertiary alicyclic amines) is 1. The Morgan fingerprint density at radius 2 is 1.87 bits per heavy atom. The molecule has 1 saturated heterocycles. The van der Waals surface area contributed by atoms with Crippen LogP contribution in [0.25, 0.3) is 0 Å². The van der Waals surface area contributed by atoms with Crippen molar-refractivity contribution in [1.82, 2.24) is 4.90 Å². The molecule has 0 spiro atoms. The van der Waals surface area contributed by atoms with E-state index in [1.807, 2.05) is 11.9 Å². The van der Waals surface area contributed by atoms with Gasteiger partial charge in [0.25, 0.3) is 0 Å². The molecule has 0 aliphatic carbocycles. The fourth-order valence-electron chi connectivity index (χ4n) is 2.36. The third kappa shape index (κ3) is 4.23. The van der Waals surface area contributed by atoms with E-state index in [1.165, 1.54) is 44.9 Å². The molecule has 2 heteroatoms. The maximum absolute atomic E-state index is 11.3. The molecule has 2 nitrogen and oxygen atoms in total. The van der Waals surface area contributed by atoms with Crippen LogP contribution in [0.4, 0.5) is 0 Å². The molecular weight excluding hydrogens is 186 g/mol. The van der Waals surface area contributed by atoms with Gasteiger partial charge in [0, 0.05) is 19.5 Å². The van der Waals surface area contributed by atoms with Crippen molar-refractivity contribution < 1.29 is 4.79 Å². The van der Waals surface area contributed by atoms with E-state index in [4.69, 9.17) is 0 Å². The summed E-state index contributed by atoms with van der Waals surface area (Å²) in [7, 11) is 1.96. The number of hydrogen-bond donors (Lipinski definition) is 0. The van der Waals surface area contributed by atoms with Crippen LogP contribution in [0.2, 0.25) is 0 Å². The molecule has 1 heterocycles. The van der Waals surface area contributed by atoms with Gasteiger partial charge in [0.2, 0.25) is 5.91 Å². The predicted molar refractivity (Wildman–Crippen MR) is 63.8 cm³/mol. The second kappa shape index (κ2) is 6.86. The number of amides is 1. The van der Waals surface area contributed by atoms with Crippen LogP contribution in [0.15, 0.2) is 0 Å². The Labute approximate surface area is 94.0 Å². The second-order valence-electron chi connectivity index (χ2n) is 4.75. The zero-order valence-electron chi connectivity index (χ0n) is 10.3. The van der Waals surface area contributed by atoms with Crippen molar-refractivity contribution in [3.63, 3.8) is 0 Å². The highest BCUT2D eigenvalue weighted by atomic mass is 16.2. The quantitative estimate of drug-likeness (QED) is 0.591. The number of carbonyl (C=O) groups is 1. The topological polar surface area (TPSA) is 20.3 Å². The summed E-state index contributed by atoms with van der Waals surface area (Å²) in [6.45, 7) is 2.25. The van der Waals surface area contributed by atoms with Gasteiger partial charge < -0.3 is 4.90 Å². The van der Waals surface area contributed by atoms with E-state index >= 15 is 0 Å². The highest BCUT2D eigenvalue weighted by molar-refractivity contribution is 5.78. The Morgan fingerprint density at radius 1 is 1.20 bits per heavy atom. The minimum atomic E-state index is 0.339. The van der Waals surface area contributed by atoms with E-state index in [0.717, 1.165) is 12.8 Å². The Bertz CT molecular complexity index is 191. The zero-order chi connectivity index (χ0) is 11.1. The first kappa shape index (κ1) is 12.5. The molecule has 1 fully saturated rings. The number of carbonyl (C=O) groups excluding carboxylic acids is 1. The van der Waals surface area contributed by atoms with Crippen LogP contribution in [0.5, 0.6) is 0 Å². The fraction of sp³-hybridized carbons (Fsp3) is 0.923. The molecule has 15 heavy (non-hydrogen) atoms. The van der Waals surface area contributed by atoms with Crippen LogP contribution in [0.1, 0.15) is 64.7 Å². The standard InChI is InChI=1S/C13H25NO/c1-3-4-5-6-7-8-9-12-10-11-13(15)14(12)2/h12H,3-11H2,1-2H3. The molecule has 0 saturated carbocycles. The number of nitrogens with zero attached hydrogens (tertiary/aromatic N) is 1. The minimum Gasteiger partial charge on any atom is -0.343 e. The Kier molecular flexibility index (Phi) is 5.74.